The molecule has 3 nitrogen and oxygen atoms in total. The zero-order valence-corrected chi connectivity index (χ0v) is 8.88. The lowest BCUT2D eigenvalue weighted by molar-refractivity contribution is 0.422. The van der Waals surface area contributed by atoms with Gasteiger partial charge in [0.05, 0.1) is 28.4 Å². The lowest BCUT2D eigenvalue weighted by atomic mass is 10.4. The van der Waals surface area contributed by atoms with Crippen LogP contribution in [-0.2, 0) is 14.6 Å². The number of ether oxygens (including phenoxy) is 1. The minimum absolute atomic E-state index is 0.0245. The molecule has 0 saturated carbocycles. The summed E-state index contributed by atoms with van der Waals surface area (Å²) in [7, 11) is -3.28. The summed E-state index contributed by atoms with van der Waals surface area (Å²) in [5.74, 6) is 0.0245. The lowest BCUT2D eigenvalue weighted by Crippen LogP contribution is -2.12. The summed E-state index contributed by atoms with van der Waals surface area (Å²) >= 11 is 5.79. The molecule has 1 heterocycles. The second-order valence-corrected chi connectivity index (χ2v) is 5.58. The van der Waals surface area contributed by atoms with Crippen molar-refractivity contribution in [3.05, 3.63) is 29.3 Å². The molecule has 14 heavy (non-hydrogen) atoms. The van der Waals surface area contributed by atoms with Crippen molar-refractivity contribution in [2.75, 3.05) is 12.4 Å². The Kier molecular flexibility index (Phi) is 2.51. The van der Waals surface area contributed by atoms with Crippen LogP contribution in [-0.4, -0.2) is 26.9 Å². The van der Waals surface area contributed by atoms with Crippen molar-refractivity contribution in [1.82, 2.24) is 0 Å². The summed E-state index contributed by atoms with van der Waals surface area (Å²) in [5, 5.41) is 0.271. The van der Waals surface area contributed by atoms with Crippen LogP contribution in [0.5, 0.6) is 0 Å². The molecule has 1 aromatic carbocycles. The van der Waals surface area contributed by atoms with Crippen LogP contribution in [0.3, 0.4) is 0 Å². The maximum absolute atomic E-state index is 11.7. The van der Waals surface area contributed by atoms with Crippen LogP contribution >= 0.6 is 11.6 Å². The number of sulfone groups is 1. The molecule has 1 atom stereocenters. The summed E-state index contributed by atoms with van der Waals surface area (Å²) in [6.45, 7) is 0.531. The van der Waals surface area contributed by atoms with Gasteiger partial charge in [0.15, 0.2) is 9.84 Å². The second-order valence-electron chi connectivity index (χ2n) is 3.17. The topological polar surface area (TPSA) is 46.7 Å². The highest BCUT2D eigenvalue weighted by molar-refractivity contribution is 7.91. The summed E-state index contributed by atoms with van der Waals surface area (Å²) < 4.78 is 28.4. The molecule has 2 rings (SSSR count). The third-order valence-electron chi connectivity index (χ3n) is 1.98. The van der Waals surface area contributed by atoms with E-state index in [1.807, 2.05) is 0 Å². The van der Waals surface area contributed by atoms with Gasteiger partial charge in [-0.25, -0.2) is 8.42 Å². The van der Waals surface area contributed by atoms with E-state index in [1.165, 1.54) is 6.07 Å². The van der Waals surface area contributed by atoms with Crippen LogP contribution in [0.2, 0.25) is 5.02 Å². The van der Waals surface area contributed by atoms with E-state index in [2.05, 4.69) is 0 Å². The first-order valence-electron chi connectivity index (χ1n) is 4.18. The fourth-order valence-electron chi connectivity index (χ4n) is 1.20. The lowest BCUT2D eigenvalue weighted by Gasteiger charge is -2.03. The SMILES string of the molecule is O=S(=O)(C[C@H]1CO1)c1ccccc1Cl. The van der Waals surface area contributed by atoms with Gasteiger partial charge >= 0.3 is 0 Å². The van der Waals surface area contributed by atoms with Crippen molar-refractivity contribution < 1.29 is 13.2 Å². The largest absolute Gasteiger partial charge is 0.372 e. The third kappa shape index (κ3) is 2.08. The van der Waals surface area contributed by atoms with Gasteiger partial charge in [-0.3, -0.25) is 0 Å². The Morgan fingerprint density at radius 3 is 2.64 bits per heavy atom. The van der Waals surface area contributed by atoms with E-state index < -0.39 is 9.84 Å². The van der Waals surface area contributed by atoms with Crippen LogP contribution < -0.4 is 0 Å². The van der Waals surface area contributed by atoms with Crippen LogP contribution in [0.15, 0.2) is 29.2 Å². The standard InChI is InChI=1S/C9H9ClO3S/c10-8-3-1-2-4-9(8)14(11,12)6-7-5-13-7/h1-4,7H,5-6H2/t7-/m1/s1. The molecule has 1 aliphatic rings. The maximum atomic E-state index is 11.7. The van der Waals surface area contributed by atoms with Gasteiger partial charge in [0.25, 0.3) is 0 Å². The van der Waals surface area contributed by atoms with Gasteiger partial charge in [-0.1, -0.05) is 23.7 Å². The average Bonchev–Trinajstić information content (AvgIpc) is 2.88. The first kappa shape index (κ1) is 9.96. The van der Waals surface area contributed by atoms with E-state index in [0.717, 1.165) is 0 Å². The summed E-state index contributed by atoms with van der Waals surface area (Å²) in [6, 6.07) is 6.45. The van der Waals surface area contributed by atoms with Gasteiger partial charge in [0.2, 0.25) is 0 Å². The molecule has 0 radical (unpaired) electrons. The van der Waals surface area contributed by atoms with Gasteiger partial charge in [-0.2, -0.15) is 0 Å². The number of hydrogen-bond donors (Lipinski definition) is 0. The van der Waals surface area contributed by atoms with E-state index in [0.29, 0.717) is 6.61 Å². The minimum Gasteiger partial charge on any atom is -0.372 e. The fourth-order valence-corrected chi connectivity index (χ4v) is 3.20. The van der Waals surface area contributed by atoms with Crippen LogP contribution in [0.4, 0.5) is 0 Å². The summed E-state index contributed by atoms with van der Waals surface area (Å²) in [4.78, 5) is 0.192. The minimum atomic E-state index is -3.28. The molecule has 5 heteroatoms. The van der Waals surface area contributed by atoms with E-state index in [1.54, 1.807) is 18.2 Å². The molecule has 0 bridgehead atoms. The van der Waals surface area contributed by atoms with Crippen molar-refractivity contribution in [3.8, 4) is 0 Å². The Morgan fingerprint density at radius 2 is 2.07 bits per heavy atom. The van der Waals surface area contributed by atoms with Crippen LogP contribution in [0.25, 0.3) is 0 Å². The third-order valence-corrected chi connectivity index (χ3v) is 4.26. The molecule has 1 saturated heterocycles. The smallest absolute Gasteiger partial charge is 0.182 e. The number of rotatable bonds is 3. The van der Waals surface area contributed by atoms with E-state index in [4.69, 9.17) is 16.3 Å². The molecule has 76 valence electrons. The zero-order chi connectivity index (χ0) is 10.2. The van der Waals surface area contributed by atoms with Crippen molar-refractivity contribution in [1.29, 1.82) is 0 Å². The van der Waals surface area contributed by atoms with Crippen molar-refractivity contribution in [3.63, 3.8) is 0 Å². The molecule has 1 fully saturated rings. The molecule has 0 N–H and O–H groups in total. The Bertz CT molecular complexity index is 437. The van der Waals surface area contributed by atoms with Gasteiger partial charge in [0, 0.05) is 0 Å². The Morgan fingerprint density at radius 1 is 1.43 bits per heavy atom. The second kappa shape index (κ2) is 3.53. The molecular weight excluding hydrogens is 224 g/mol. The summed E-state index contributed by atoms with van der Waals surface area (Å²) in [6.07, 6.45) is -0.142. The van der Waals surface area contributed by atoms with Gasteiger partial charge in [-0.15, -0.1) is 0 Å². The summed E-state index contributed by atoms with van der Waals surface area (Å²) in [5.41, 5.74) is 0. The van der Waals surface area contributed by atoms with Crippen LogP contribution in [0, 0.1) is 0 Å². The maximum Gasteiger partial charge on any atom is 0.182 e. The Hall–Kier alpha value is -0.580. The zero-order valence-electron chi connectivity index (χ0n) is 7.31. The van der Waals surface area contributed by atoms with E-state index in [9.17, 15) is 8.42 Å². The van der Waals surface area contributed by atoms with Gasteiger partial charge in [0.1, 0.15) is 0 Å². The highest BCUT2D eigenvalue weighted by Crippen LogP contribution is 2.24. The van der Waals surface area contributed by atoms with E-state index in [-0.39, 0.29) is 21.8 Å². The highest BCUT2D eigenvalue weighted by Gasteiger charge is 2.31. The van der Waals surface area contributed by atoms with Crippen molar-refractivity contribution in [2.45, 2.75) is 11.0 Å². The molecule has 0 amide bonds. The van der Waals surface area contributed by atoms with E-state index >= 15 is 0 Å². The molecule has 0 unspecified atom stereocenters. The average molecular weight is 233 g/mol. The quantitative estimate of drug-likeness (QED) is 0.743. The normalized spacial score (nSPS) is 20.8. The van der Waals surface area contributed by atoms with Crippen LogP contribution in [0.1, 0.15) is 0 Å². The predicted molar refractivity (Wildman–Crippen MR) is 53.2 cm³/mol. The molecule has 1 aliphatic heterocycles. The number of halogens is 1. The monoisotopic (exact) mass is 232 g/mol. The molecule has 0 aliphatic carbocycles. The Labute approximate surface area is 87.6 Å². The van der Waals surface area contributed by atoms with Gasteiger partial charge in [-0.05, 0) is 12.1 Å². The molecule has 0 aromatic heterocycles. The first-order chi connectivity index (χ1) is 6.59. The predicted octanol–water partition coefficient (Wildman–Crippen LogP) is 1.51. The first-order valence-corrected chi connectivity index (χ1v) is 6.21. The number of benzene rings is 1. The Balaban J connectivity index is 2.33. The number of hydrogen-bond acceptors (Lipinski definition) is 3. The number of epoxide rings is 1. The molecular formula is C9H9ClO3S. The van der Waals surface area contributed by atoms with Crippen molar-refractivity contribution in [2.24, 2.45) is 0 Å². The van der Waals surface area contributed by atoms with Crippen molar-refractivity contribution >= 4 is 21.4 Å². The molecule has 0 spiro atoms. The fraction of sp³-hybridized carbons (Fsp3) is 0.333. The highest BCUT2D eigenvalue weighted by atomic mass is 35.5. The molecule has 1 aromatic rings. The van der Waals surface area contributed by atoms with Gasteiger partial charge < -0.3 is 4.74 Å².